The fraction of sp³-hybridized carbons (Fsp3) is 0.0556. The van der Waals surface area contributed by atoms with E-state index in [1.807, 2.05) is 43.3 Å². The van der Waals surface area contributed by atoms with Crippen molar-refractivity contribution >= 4 is 17.2 Å². The van der Waals surface area contributed by atoms with Crippen molar-refractivity contribution in [3.05, 3.63) is 72.4 Å². The molecule has 0 unspecified atom stereocenters. The second kappa shape index (κ2) is 5.67. The molecule has 3 rings (SSSR count). The Hall–Kier alpha value is -2.81. The summed E-state index contributed by atoms with van der Waals surface area (Å²) in [6.07, 6.45) is 1.80. The van der Waals surface area contributed by atoms with Crippen molar-refractivity contribution in [2.75, 3.05) is 11.1 Å². The van der Waals surface area contributed by atoms with Gasteiger partial charge < -0.3 is 11.1 Å². The smallest absolute Gasteiger partial charge is 0.153 e. The Morgan fingerprint density at radius 2 is 1.57 bits per heavy atom. The van der Waals surface area contributed by atoms with Gasteiger partial charge in [0.2, 0.25) is 0 Å². The zero-order valence-electron chi connectivity index (χ0n) is 11.9. The molecule has 0 saturated heterocycles. The van der Waals surface area contributed by atoms with Gasteiger partial charge in [-0.25, -0.2) is 4.98 Å². The molecule has 3 N–H and O–H groups in total. The van der Waals surface area contributed by atoms with Gasteiger partial charge in [0.05, 0.1) is 5.69 Å². The molecule has 0 aliphatic heterocycles. The van der Waals surface area contributed by atoms with Crippen LogP contribution >= 0.6 is 0 Å². The molecule has 0 aliphatic rings. The first-order valence-electron chi connectivity index (χ1n) is 6.87. The van der Waals surface area contributed by atoms with E-state index < -0.39 is 0 Å². The van der Waals surface area contributed by atoms with Gasteiger partial charge in [0.1, 0.15) is 0 Å². The molecule has 0 aliphatic carbocycles. The number of hydrogen-bond acceptors (Lipinski definition) is 3. The van der Waals surface area contributed by atoms with Crippen molar-refractivity contribution in [3.8, 4) is 11.1 Å². The molecule has 1 aromatic heterocycles. The highest BCUT2D eigenvalue weighted by molar-refractivity contribution is 5.71. The molecule has 1 heterocycles. The molecule has 0 saturated carbocycles. The monoisotopic (exact) mass is 275 g/mol. The van der Waals surface area contributed by atoms with Crippen molar-refractivity contribution < 1.29 is 0 Å². The van der Waals surface area contributed by atoms with E-state index >= 15 is 0 Å². The summed E-state index contributed by atoms with van der Waals surface area (Å²) in [6, 6.07) is 20.4. The summed E-state index contributed by atoms with van der Waals surface area (Å²) in [5.41, 5.74) is 11.0. The topological polar surface area (TPSA) is 50.9 Å². The molecule has 2 aromatic carbocycles. The Kier molecular flexibility index (Phi) is 3.56. The maximum atomic E-state index is 5.97. The van der Waals surface area contributed by atoms with Crippen LogP contribution in [0.4, 0.5) is 17.2 Å². The summed E-state index contributed by atoms with van der Waals surface area (Å²) in [4.78, 5) is 4.32. The Bertz CT molecular complexity index is 734. The fourth-order valence-electron chi connectivity index (χ4n) is 2.21. The van der Waals surface area contributed by atoms with E-state index in [-0.39, 0.29) is 0 Å². The van der Waals surface area contributed by atoms with Crippen LogP contribution < -0.4 is 11.1 Å². The lowest BCUT2D eigenvalue weighted by molar-refractivity contribution is 1.26. The number of hydrogen-bond donors (Lipinski definition) is 2. The van der Waals surface area contributed by atoms with Crippen LogP contribution in [0.3, 0.4) is 0 Å². The van der Waals surface area contributed by atoms with E-state index in [2.05, 4.69) is 34.6 Å². The van der Waals surface area contributed by atoms with Crippen LogP contribution in [0.5, 0.6) is 0 Å². The summed E-state index contributed by atoms with van der Waals surface area (Å²) in [5, 5.41) is 3.24. The van der Waals surface area contributed by atoms with Crippen LogP contribution in [0.15, 0.2) is 66.9 Å². The standard InChI is InChI=1S/C18H17N3/c1-13-11-17(19)18(20-12-13)21-16-9-7-15(8-10-16)14-5-3-2-4-6-14/h2-12H,19H2,1H3,(H,20,21). The minimum atomic E-state index is 0.655. The molecular weight excluding hydrogens is 258 g/mol. The van der Waals surface area contributed by atoms with Gasteiger partial charge in [-0.2, -0.15) is 0 Å². The highest BCUT2D eigenvalue weighted by atomic mass is 15.0. The van der Waals surface area contributed by atoms with Crippen LogP contribution in [0.1, 0.15) is 5.56 Å². The van der Waals surface area contributed by atoms with Crippen molar-refractivity contribution in [3.63, 3.8) is 0 Å². The largest absolute Gasteiger partial charge is 0.396 e. The molecule has 0 radical (unpaired) electrons. The zero-order valence-corrected chi connectivity index (χ0v) is 11.9. The van der Waals surface area contributed by atoms with Crippen LogP contribution in [0.25, 0.3) is 11.1 Å². The SMILES string of the molecule is Cc1cnc(Nc2ccc(-c3ccccc3)cc2)c(N)c1. The third-order valence-corrected chi connectivity index (χ3v) is 3.31. The Morgan fingerprint density at radius 1 is 0.905 bits per heavy atom. The third kappa shape index (κ3) is 3.03. The van der Waals surface area contributed by atoms with Gasteiger partial charge in [-0.1, -0.05) is 42.5 Å². The molecule has 0 fully saturated rings. The van der Waals surface area contributed by atoms with Gasteiger partial charge in [0.25, 0.3) is 0 Å². The molecular formula is C18H17N3. The summed E-state index contributed by atoms with van der Waals surface area (Å²) in [5.74, 6) is 0.688. The lowest BCUT2D eigenvalue weighted by Crippen LogP contribution is -1.99. The number of nitrogen functional groups attached to an aromatic ring is 1. The number of rotatable bonds is 3. The van der Waals surface area contributed by atoms with Crippen LogP contribution in [-0.4, -0.2) is 4.98 Å². The molecule has 0 spiro atoms. The molecule has 0 atom stereocenters. The fourth-order valence-corrected chi connectivity index (χ4v) is 2.21. The predicted octanol–water partition coefficient (Wildman–Crippen LogP) is 4.38. The predicted molar refractivity (Wildman–Crippen MR) is 88.5 cm³/mol. The number of nitrogens with zero attached hydrogens (tertiary/aromatic N) is 1. The maximum absolute atomic E-state index is 5.97. The molecule has 3 heteroatoms. The summed E-state index contributed by atoms with van der Waals surface area (Å²) < 4.78 is 0. The average Bonchev–Trinajstić information content (AvgIpc) is 2.52. The Morgan fingerprint density at radius 3 is 2.24 bits per heavy atom. The average molecular weight is 275 g/mol. The molecule has 0 bridgehead atoms. The quantitative estimate of drug-likeness (QED) is 0.745. The van der Waals surface area contributed by atoms with E-state index in [0.29, 0.717) is 11.5 Å². The summed E-state index contributed by atoms with van der Waals surface area (Å²) in [7, 11) is 0. The van der Waals surface area contributed by atoms with Gasteiger partial charge in [0.15, 0.2) is 5.82 Å². The van der Waals surface area contributed by atoms with Gasteiger partial charge in [-0.3, -0.25) is 0 Å². The third-order valence-electron chi connectivity index (χ3n) is 3.31. The number of nitrogens with two attached hydrogens (primary N) is 1. The number of aromatic nitrogens is 1. The van der Waals surface area contributed by atoms with E-state index in [1.165, 1.54) is 11.1 Å². The minimum Gasteiger partial charge on any atom is -0.396 e. The van der Waals surface area contributed by atoms with E-state index in [1.54, 1.807) is 6.20 Å². The number of benzene rings is 2. The van der Waals surface area contributed by atoms with Crippen molar-refractivity contribution in [1.82, 2.24) is 4.98 Å². The van der Waals surface area contributed by atoms with Crippen LogP contribution in [0, 0.1) is 6.92 Å². The highest BCUT2D eigenvalue weighted by Crippen LogP contribution is 2.24. The first kappa shape index (κ1) is 13.2. The molecule has 21 heavy (non-hydrogen) atoms. The van der Waals surface area contributed by atoms with Crippen molar-refractivity contribution in [1.29, 1.82) is 0 Å². The van der Waals surface area contributed by atoms with Crippen LogP contribution in [0.2, 0.25) is 0 Å². The van der Waals surface area contributed by atoms with Gasteiger partial charge >= 0.3 is 0 Å². The lowest BCUT2D eigenvalue weighted by atomic mass is 10.1. The molecule has 3 aromatic rings. The van der Waals surface area contributed by atoms with E-state index in [9.17, 15) is 0 Å². The second-order valence-electron chi connectivity index (χ2n) is 5.02. The van der Waals surface area contributed by atoms with Gasteiger partial charge in [-0.15, -0.1) is 0 Å². The maximum Gasteiger partial charge on any atom is 0.153 e. The number of pyridine rings is 1. The van der Waals surface area contributed by atoms with Crippen LogP contribution in [-0.2, 0) is 0 Å². The van der Waals surface area contributed by atoms with Crippen molar-refractivity contribution in [2.24, 2.45) is 0 Å². The lowest BCUT2D eigenvalue weighted by Gasteiger charge is -2.09. The summed E-state index contributed by atoms with van der Waals surface area (Å²) in [6.45, 7) is 1.97. The van der Waals surface area contributed by atoms with Gasteiger partial charge in [0, 0.05) is 11.9 Å². The Labute approximate surface area is 124 Å². The minimum absolute atomic E-state index is 0.655. The number of nitrogens with one attached hydrogen (secondary N) is 1. The number of aryl methyl sites for hydroxylation is 1. The summed E-state index contributed by atoms with van der Waals surface area (Å²) >= 11 is 0. The first-order valence-corrected chi connectivity index (χ1v) is 6.87. The highest BCUT2D eigenvalue weighted by Gasteiger charge is 2.02. The zero-order chi connectivity index (χ0) is 14.7. The van der Waals surface area contributed by atoms with Gasteiger partial charge in [-0.05, 0) is 41.8 Å². The second-order valence-corrected chi connectivity index (χ2v) is 5.02. The first-order chi connectivity index (χ1) is 10.2. The van der Waals surface area contributed by atoms with Crippen molar-refractivity contribution in [2.45, 2.75) is 6.92 Å². The van der Waals surface area contributed by atoms with E-state index in [4.69, 9.17) is 5.73 Å². The molecule has 104 valence electrons. The number of anilines is 3. The Balaban J connectivity index is 1.81. The van der Waals surface area contributed by atoms with E-state index in [0.717, 1.165) is 11.3 Å². The normalized spacial score (nSPS) is 10.3. The molecule has 3 nitrogen and oxygen atoms in total. The molecule has 0 amide bonds.